The van der Waals surface area contributed by atoms with Crippen LogP contribution in [0.25, 0.3) is 85.9 Å². The van der Waals surface area contributed by atoms with Crippen molar-refractivity contribution >= 4 is 103 Å². The molecule has 3 aromatic heterocycles. The molecule has 3 nitrogen and oxygen atoms in total. The van der Waals surface area contributed by atoms with Gasteiger partial charge in [-0.2, -0.15) is 0 Å². The number of benzene rings is 9. The van der Waals surface area contributed by atoms with Crippen LogP contribution in [-0.4, -0.2) is 9.13 Å². The Balaban J connectivity index is 1.11. The smallest absolute Gasteiger partial charge is 0.0619 e. The first-order valence-electron chi connectivity index (χ1n) is 19.1. The first kappa shape index (κ1) is 31.2. The fourth-order valence-corrected chi connectivity index (χ4v) is 10.2. The van der Waals surface area contributed by atoms with Crippen LogP contribution >= 0.6 is 11.3 Å². The summed E-state index contributed by atoms with van der Waals surface area (Å²) in [7, 11) is 0. The van der Waals surface area contributed by atoms with Crippen LogP contribution in [0.2, 0.25) is 0 Å². The Hall–Kier alpha value is -7.14. The topological polar surface area (TPSA) is 13.1 Å². The predicted molar refractivity (Wildman–Crippen MR) is 240 cm³/mol. The van der Waals surface area contributed by atoms with E-state index in [2.05, 4.69) is 214 Å². The Bertz CT molecular complexity index is 3480. The Morgan fingerprint density at radius 3 is 1.80 bits per heavy atom. The van der Waals surface area contributed by atoms with Gasteiger partial charge in [-0.1, -0.05) is 121 Å². The number of fused-ring (bicyclic) bond motifs is 11. The molecule has 0 atom stereocenters. The minimum atomic E-state index is 1.10. The first-order valence-corrected chi connectivity index (χ1v) is 19.9. The summed E-state index contributed by atoms with van der Waals surface area (Å²) in [6.07, 6.45) is 0. The molecule has 12 rings (SSSR count). The number of anilines is 3. The molecular weight excluding hydrogens is 699 g/mol. The lowest BCUT2D eigenvalue weighted by atomic mass is 10.1. The molecule has 0 aliphatic heterocycles. The summed E-state index contributed by atoms with van der Waals surface area (Å²) in [5.41, 5.74) is 10.5. The van der Waals surface area contributed by atoms with Crippen LogP contribution in [0.3, 0.4) is 0 Å². The lowest BCUT2D eigenvalue weighted by molar-refractivity contribution is 1.18. The molecule has 4 heteroatoms. The summed E-state index contributed by atoms with van der Waals surface area (Å²) >= 11 is 1.86. The van der Waals surface area contributed by atoms with Crippen molar-refractivity contribution in [3.05, 3.63) is 200 Å². The molecular formula is C52H33N3S. The number of aromatic nitrogens is 2. The third-order valence-corrected chi connectivity index (χ3v) is 12.6. The van der Waals surface area contributed by atoms with Crippen molar-refractivity contribution in [3.63, 3.8) is 0 Å². The van der Waals surface area contributed by atoms with Crippen molar-refractivity contribution in [1.29, 1.82) is 0 Å². The molecule has 56 heavy (non-hydrogen) atoms. The van der Waals surface area contributed by atoms with Gasteiger partial charge in [0, 0.05) is 69.9 Å². The molecule has 262 valence electrons. The second-order valence-corrected chi connectivity index (χ2v) is 15.6. The molecule has 0 fully saturated rings. The van der Waals surface area contributed by atoms with Gasteiger partial charge in [0.2, 0.25) is 0 Å². The van der Waals surface area contributed by atoms with Crippen LogP contribution in [0.5, 0.6) is 0 Å². The van der Waals surface area contributed by atoms with E-state index in [1.807, 2.05) is 11.3 Å². The van der Waals surface area contributed by atoms with Gasteiger partial charge in [-0.25, -0.2) is 0 Å². The molecule has 0 aliphatic carbocycles. The van der Waals surface area contributed by atoms with Crippen LogP contribution in [-0.2, 0) is 0 Å². The fraction of sp³-hybridized carbons (Fsp3) is 0. The van der Waals surface area contributed by atoms with E-state index in [4.69, 9.17) is 0 Å². The van der Waals surface area contributed by atoms with Crippen LogP contribution < -0.4 is 4.90 Å². The number of nitrogens with zero attached hydrogens (tertiary/aromatic N) is 3. The fourth-order valence-electron chi connectivity index (χ4n) is 9.07. The van der Waals surface area contributed by atoms with Gasteiger partial charge < -0.3 is 14.0 Å². The van der Waals surface area contributed by atoms with Crippen LogP contribution in [0.4, 0.5) is 17.1 Å². The summed E-state index contributed by atoms with van der Waals surface area (Å²) in [6, 6.07) is 73.2. The maximum Gasteiger partial charge on any atom is 0.0619 e. The number of para-hydroxylation sites is 3. The molecule has 0 unspecified atom stereocenters. The molecule has 0 saturated heterocycles. The average molecular weight is 732 g/mol. The Kier molecular flexibility index (Phi) is 6.80. The molecule has 0 amide bonds. The second-order valence-electron chi connectivity index (χ2n) is 14.5. The van der Waals surface area contributed by atoms with Crippen LogP contribution in [0.15, 0.2) is 200 Å². The van der Waals surface area contributed by atoms with Gasteiger partial charge in [0.1, 0.15) is 0 Å². The van der Waals surface area contributed by atoms with E-state index in [1.54, 1.807) is 0 Å². The van der Waals surface area contributed by atoms with Gasteiger partial charge in [-0.3, -0.25) is 0 Å². The number of hydrogen-bond donors (Lipinski definition) is 0. The Morgan fingerprint density at radius 2 is 0.964 bits per heavy atom. The monoisotopic (exact) mass is 731 g/mol. The van der Waals surface area contributed by atoms with Gasteiger partial charge in [0.05, 0.1) is 27.8 Å². The lowest BCUT2D eigenvalue weighted by Gasteiger charge is -2.27. The largest absolute Gasteiger partial charge is 0.310 e. The van der Waals surface area contributed by atoms with Crippen molar-refractivity contribution in [3.8, 4) is 11.4 Å². The zero-order chi connectivity index (χ0) is 36.7. The summed E-state index contributed by atoms with van der Waals surface area (Å²) < 4.78 is 7.43. The van der Waals surface area contributed by atoms with Crippen molar-refractivity contribution in [2.75, 3.05) is 4.90 Å². The number of rotatable bonds is 5. The van der Waals surface area contributed by atoms with Gasteiger partial charge in [0.25, 0.3) is 0 Å². The Labute approximate surface area is 327 Å². The highest BCUT2D eigenvalue weighted by atomic mass is 32.1. The van der Waals surface area contributed by atoms with E-state index in [-0.39, 0.29) is 0 Å². The summed E-state index contributed by atoms with van der Waals surface area (Å²) in [5, 5.41) is 10.1. The van der Waals surface area contributed by atoms with Crippen molar-refractivity contribution < 1.29 is 0 Å². The van der Waals surface area contributed by atoms with Gasteiger partial charge >= 0.3 is 0 Å². The zero-order valence-electron chi connectivity index (χ0n) is 30.3. The molecule has 0 aliphatic rings. The van der Waals surface area contributed by atoms with E-state index < -0.39 is 0 Å². The summed E-state index contributed by atoms with van der Waals surface area (Å²) in [4.78, 5) is 2.46. The zero-order valence-corrected chi connectivity index (χ0v) is 31.1. The highest BCUT2D eigenvalue weighted by Gasteiger charge is 2.22. The van der Waals surface area contributed by atoms with Gasteiger partial charge in [0.15, 0.2) is 0 Å². The maximum absolute atomic E-state index is 2.46. The van der Waals surface area contributed by atoms with E-state index in [0.29, 0.717) is 0 Å². The van der Waals surface area contributed by atoms with Crippen molar-refractivity contribution in [1.82, 2.24) is 9.13 Å². The molecule has 12 aromatic rings. The maximum atomic E-state index is 2.46. The first-order chi connectivity index (χ1) is 27.8. The summed E-state index contributed by atoms with van der Waals surface area (Å²) in [6.45, 7) is 0. The van der Waals surface area contributed by atoms with E-state index >= 15 is 0 Å². The molecule has 0 radical (unpaired) electrons. The number of thiophene rings is 1. The third-order valence-electron chi connectivity index (χ3n) is 11.5. The van der Waals surface area contributed by atoms with Gasteiger partial charge in [-0.15, -0.1) is 11.3 Å². The predicted octanol–water partition coefficient (Wildman–Crippen LogP) is 14.9. The van der Waals surface area contributed by atoms with Crippen molar-refractivity contribution in [2.45, 2.75) is 0 Å². The minimum Gasteiger partial charge on any atom is -0.310 e. The van der Waals surface area contributed by atoms with E-state index in [9.17, 15) is 0 Å². The van der Waals surface area contributed by atoms with Crippen molar-refractivity contribution in [2.24, 2.45) is 0 Å². The molecule has 0 saturated carbocycles. The molecule has 0 bridgehead atoms. The standard InChI is InChI=1S/C52H33N3S/c1-2-14-35(15-3-1)54-46-21-10-7-19-44(46)51-47(22-12-23-48(51)54)53(38-30-32-42-41-18-8-11-24-49(41)56-50(42)33-38)36-26-28-37(29-27-36)55-45-20-9-6-17-40(45)43-31-25-34-13-4-5-16-39(34)52(43)55/h1-33H. The minimum absolute atomic E-state index is 1.10. The highest BCUT2D eigenvalue weighted by molar-refractivity contribution is 7.25. The molecule has 9 aromatic carbocycles. The number of hydrogen-bond acceptors (Lipinski definition) is 2. The van der Waals surface area contributed by atoms with Gasteiger partial charge in [-0.05, 0) is 84.2 Å². The van der Waals surface area contributed by atoms with E-state index in [0.717, 1.165) is 28.4 Å². The summed E-state index contributed by atoms with van der Waals surface area (Å²) in [5.74, 6) is 0. The molecule has 0 N–H and O–H groups in total. The SMILES string of the molecule is c1ccc(-n2c3ccccc3c3c(N(c4ccc(-n5c6ccccc6c6ccc7ccccc7c65)cc4)c4ccc5c(c4)sc4ccccc45)cccc32)cc1. The normalized spacial score (nSPS) is 11.9. The Morgan fingerprint density at radius 1 is 0.357 bits per heavy atom. The lowest BCUT2D eigenvalue weighted by Crippen LogP contribution is -2.10. The van der Waals surface area contributed by atoms with Crippen LogP contribution in [0.1, 0.15) is 0 Å². The van der Waals surface area contributed by atoms with Crippen LogP contribution in [0, 0.1) is 0 Å². The van der Waals surface area contributed by atoms with E-state index in [1.165, 1.54) is 74.6 Å². The highest BCUT2D eigenvalue weighted by Crippen LogP contribution is 2.46. The molecule has 0 spiro atoms. The molecule has 3 heterocycles. The quantitative estimate of drug-likeness (QED) is 0.172. The second kappa shape index (κ2) is 12.2. The average Bonchev–Trinajstić information content (AvgIpc) is 3.92. The third kappa shape index (κ3) is 4.57.